The van der Waals surface area contributed by atoms with Crippen LogP contribution in [0.15, 0.2) is 0 Å². The molecule has 1 saturated heterocycles. The number of alkyl halides is 3. The molecule has 0 bridgehead atoms. The average Bonchev–Trinajstić information content (AvgIpc) is 2.56. The van der Waals surface area contributed by atoms with E-state index >= 15 is 0 Å². The van der Waals surface area contributed by atoms with E-state index in [2.05, 4.69) is 5.32 Å². The zero-order valence-corrected chi connectivity index (χ0v) is 18.6. The SMILES string of the molecule is CC(=O)OCC1OC(OC(C)=O)C(NC(=O)C(Cl)(Cl)Cl)C(OC(C)=O)C1OC(C)=O. The number of carbonyl (C=O) groups is 5. The van der Waals surface area contributed by atoms with Gasteiger partial charge in [-0.05, 0) is 0 Å². The molecule has 5 atom stereocenters. The summed E-state index contributed by atoms with van der Waals surface area (Å²) in [7, 11) is 0. The van der Waals surface area contributed by atoms with Gasteiger partial charge in [0.2, 0.25) is 6.29 Å². The summed E-state index contributed by atoms with van der Waals surface area (Å²) in [4.78, 5) is 58.2. The normalized spacial score (nSPS) is 26.2. The predicted octanol–water partition coefficient (Wildman–Crippen LogP) is 0.556. The number of esters is 4. The highest BCUT2D eigenvalue weighted by Gasteiger charge is 2.53. The number of ether oxygens (including phenoxy) is 5. The first kappa shape index (κ1) is 26.2. The van der Waals surface area contributed by atoms with Gasteiger partial charge in [0.15, 0.2) is 12.2 Å². The van der Waals surface area contributed by atoms with Crippen molar-refractivity contribution in [3.8, 4) is 0 Å². The second kappa shape index (κ2) is 11.0. The summed E-state index contributed by atoms with van der Waals surface area (Å²) in [5.41, 5.74) is 0. The Morgan fingerprint density at radius 3 is 1.77 bits per heavy atom. The Kier molecular flexibility index (Phi) is 9.60. The van der Waals surface area contributed by atoms with E-state index in [0.717, 1.165) is 27.7 Å². The fraction of sp³-hybridized carbons (Fsp3) is 0.688. The first-order valence-electron chi connectivity index (χ1n) is 8.40. The van der Waals surface area contributed by atoms with E-state index in [9.17, 15) is 24.0 Å². The van der Waals surface area contributed by atoms with Gasteiger partial charge < -0.3 is 29.0 Å². The molecule has 0 aromatic rings. The molecule has 0 saturated carbocycles. The quantitative estimate of drug-likeness (QED) is 0.317. The van der Waals surface area contributed by atoms with E-state index in [1.54, 1.807) is 0 Å². The first-order chi connectivity index (χ1) is 13.7. The highest BCUT2D eigenvalue weighted by atomic mass is 35.6. The summed E-state index contributed by atoms with van der Waals surface area (Å²) < 4.78 is 23.5. The van der Waals surface area contributed by atoms with Gasteiger partial charge in [-0.25, -0.2) is 0 Å². The highest BCUT2D eigenvalue weighted by Crippen LogP contribution is 2.31. The summed E-state index contributed by atoms with van der Waals surface area (Å²) in [5, 5.41) is 2.25. The highest BCUT2D eigenvalue weighted by molar-refractivity contribution is 6.76. The summed E-state index contributed by atoms with van der Waals surface area (Å²) in [6, 6.07) is -1.45. The number of nitrogens with one attached hydrogen (secondary N) is 1. The predicted molar refractivity (Wildman–Crippen MR) is 100 cm³/mol. The Labute approximate surface area is 186 Å². The van der Waals surface area contributed by atoms with E-state index in [-0.39, 0.29) is 0 Å². The molecule has 1 rings (SSSR count). The maximum absolute atomic E-state index is 12.2. The van der Waals surface area contributed by atoms with Gasteiger partial charge in [0.05, 0.1) is 0 Å². The lowest BCUT2D eigenvalue weighted by molar-refractivity contribution is -0.271. The fourth-order valence-corrected chi connectivity index (χ4v) is 2.72. The maximum atomic E-state index is 12.2. The number of hydrogen-bond acceptors (Lipinski definition) is 10. The topological polar surface area (TPSA) is 144 Å². The van der Waals surface area contributed by atoms with Crippen LogP contribution in [0.1, 0.15) is 27.7 Å². The lowest BCUT2D eigenvalue weighted by Crippen LogP contribution is -2.67. The zero-order chi connectivity index (χ0) is 23.2. The molecule has 5 unspecified atom stereocenters. The average molecular weight is 493 g/mol. The largest absolute Gasteiger partial charge is 0.463 e. The Bertz CT molecular complexity index is 695. The van der Waals surface area contributed by atoms with Crippen molar-refractivity contribution in [2.45, 2.75) is 62.1 Å². The fourth-order valence-electron chi connectivity index (χ4n) is 2.55. The van der Waals surface area contributed by atoms with Gasteiger partial charge in [0, 0.05) is 27.7 Å². The van der Waals surface area contributed by atoms with Crippen molar-refractivity contribution in [2.24, 2.45) is 0 Å². The molecule has 1 fully saturated rings. The Morgan fingerprint density at radius 2 is 1.33 bits per heavy atom. The Hall–Kier alpha value is -1.82. The molecule has 1 amide bonds. The number of halogens is 3. The second-order valence-corrected chi connectivity index (χ2v) is 8.38. The lowest BCUT2D eigenvalue weighted by atomic mass is 9.96. The van der Waals surface area contributed by atoms with Crippen molar-refractivity contribution in [1.82, 2.24) is 5.32 Å². The third-order valence-corrected chi connectivity index (χ3v) is 4.05. The zero-order valence-electron chi connectivity index (χ0n) is 16.3. The third kappa shape index (κ3) is 8.13. The summed E-state index contributed by atoms with van der Waals surface area (Å²) in [5.74, 6) is -4.30. The van der Waals surface area contributed by atoms with Crippen molar-refractivity contribution >= 4 is 64.6 Å². The van der Waals surface area contributed by atoms with Crippen LogP contribution in [0.25, 0.3) is 0 Å². The standard InChI is InChI=1S/C16H20Cl3NO10/c1-6(21)26-5-10-12(27-7(2)22)13(28-8(3)23)11(14(30-10)29-9(4)24)20-15(25)16(17,18)19/h10-14H,5H2,1-4H3,(H,20,25). The molecule has 1 aliphatic rings. The first-order valence-corrected chi connectivity index (χ1v) is 9.54. The second-order valence-electron chi connectivity index (χ2n) is 6.10. The Balaban J connectivity index is 3.39. The molecule has 11 nitrogen and oxygen atoms in total. The number of amides is 1. The number of hydrogen-bond donors (Lipinski definition) is 1. The van der Waals surface area contributed by atoms with E-state index in [1.165, 1.54) is 0 Å². The lowest BCUT2D eigenvalue weighted by Gasteiger charge is -2.44. The van der Waals surface area contributed by atoms with E-state index in [0.29, 0.717) is 0 Å². The molecular weight excluding hydrogens is 473 g/mol. The van der Waals surface area contributed by atoms with Crippen LogP contribution in [0.2, 0.25) is 0 Å². The van der Waals surface area contributed by atoms with Crippen LogP contribution < -0.4 is 5.32 Å². The van der Waals surface area contributed by atoms with E-state index in [1.807, 2.05) is 0 Å². The number of rotatable bonds is 6. The summed E-state index contributed by atoms with van der Waals surface area (Å²) in [6.45, 7) is 3.85. The van der Waals surface area contributed by atoms with Gasteiger partial charge in [-0.15, -0.1) is 0 Å². The minimum atomic E-state index is -2.42. The molecule has 0 aromatic carbocycles. The van der Waals surface area contributed by atoms with Crippen molar-refractivity contribution in [3.05, 3.63) is 0 Å². The van der Waals surface area contributed by atoms with Gasteiger partial charge in [-0.3, -0.25) is 24.0 Å². The smallest absolute Gasteiger partial charge is 0.305 e. The minimum Gasteiger partial charge on any atom is -0.463 e. The maximum Gasteiger partial charge on any atom is 0.305 e. The monoisotopic (exact) mass is 491 g/mol. The number of carbonyl (C=O) groups excluding carboxylic acids is 5. The van der Waals surface area contributed by atoms with Crippen molar-refractivity contribution in [3.63, 3.8) is 0 Å². The van der Waals surface area contributed by atoms with Crippen LogP contribution in [-0.2, 0) is 47.7 Å². The van der Waals surface area contributed by atoms with Crippen LogP contribution in [0.5, 0.6) is 0 Å². The van der Waals surface area contributed by atoms with Gasteiger partial charge in [-0.1, -0.05) is 34.8 Å². The molecule has 1 heterocycles. The van der Waals surface area contributed by atoms with E-state index < -0.39 is 70.8 Å². The van der Waals surface area contributed by atoms with Crippen molar-refractivity contribution < 1.29 is 47.7 Å². The molecule has 0 radical (unpaired) electrons. The van der Waals surface area contributed by atoms with E-state index in [4.69, 9.17) is 58.5 Å². The van der Waals surface area contributed by atoms with Crippen molar-refractivity contribution in [1.29, 1.82) is 0 Å². The molecule has 1 N–H and O–H groups in total. The van der Waals surface area contributed by atoms with Gasteiger partial charge >= 0.3 is 23.9 Å². The molecule has 1 aliphatic heterocycles. The van der Waals surface area contributed by atoms with Gasteiger partial charge in [0.25, 0.3) is 9.70 Å². The molecule has 14 heteroatoms. The molecule has 30 heavy (non-hydrogen) atoms. The molecule has 0 spiro atoms. The van der Waals surface area contributed by atoms with Crippen LogP contribution in [0.4, 0.5) is 0 Å². The van der Waals surface area contributed by atoms with Crippen LogP contribution in [0.3, 0.4) is 0 Å². The van der Waals surface area contributed by atoms with Crippen LogP contribution in [-0.4, -0.2) is 70.8 Å². The van der Waals surface area contributed by atoms with Gasteiger partial charge in [-0.2, -0.15) is 0 Å². The molecular formula is C16H20Cl3NO10. The van der Waals surface area contributed by atoms with Crippen LogP contribution >= 0.6 is 34.8 Å². The molecule has 0 aromatic heterocycles. The van der Waals surface area contributed by atoms with Crippen LogP contribution in [0, 0.1) is 0 Å². The Morgan fingerprint density at radius 1 is 0.833 bits per heavy atom. The van der Waals surface area contributed by atoms with Gasteiger partial charge in [0.1, 0.15) is 18.8 Å². The summed E-state index contributed by atoms with van der Waals surface area (Å²) in [6.07, 6.45) is -5.64. The third-order valence-electron chi connectivity index (χ3n) is 3.54. The molecule has 0 aliphatic carbocycles. The molecule has 170 valence electrons. The van der Waals surface area contributed by atoms with Crippen molar-refractivity contribution in [2.75, 3.05) is 6.61 Å². The minimum absolute atomic E-state index is 0.450. The summed E-state index contributed by atoms with van der Waals surface area (Å²) >= 11 is 16.7.